The van der Waals surface area contributed by atoms with Crippen molar-refractivity contribution >= 4 is 34.8 Å². The number of aliphatic hydroxyl groups excluding tert-OH is 1. The van der Waals surface area contributed by atoms with Crippen LogP contribution in [0, 0.1) is 6.92 Å². The molecule has 1 N–H and O–H groups in total. The first-order valence-electron chi connectivity index (χ1n) is 9.59. The molecule has 0 aromatic heterocycles. The quantitative estimate of drug-likeness (QED) is 0.675. The third-order valence-electron chi connectivity index (χ3n) is 4.73. The molecule has 0 radical (unpaired) electrons. The van der Waals surface area contributed by atoms with Crippen LogP contribution >= 0.6 is 11.8 Å². The highest BCUT2D eigenvalue weighted by Crippen LogP contribution is 2.38. The Morgan fingerprint density at radius 3 is 2.25 bits per heavy atom. The fraction of sp³-hybridized carbons (Fsp3) is 0.304. The van der Waals surface area contributed by atoms with Crippen molar-refractivity contribution in [3.63, 3.8) is 0 Å². The van der Waals surface area contributed by atoms with Crippen molar-refractivity contribution in [3.05, 3.63) is 70.1 Å². The number of rotatable bonds is 8. The van der Waals surface area contributed by atoms with Gasteiger partial charge in [-0.2, -0.15) is 0 Å². The Morgan fingerprint density at radius 2 is 1.64 bits per heavy atom. The number of benzene rings is 2. The zero-order valence-corrected chi connectivity index (χ0v) is 17.1. The molecular formula is C23H25NO3S. The topological polar surface area (TPSA) is 57.6 Å². The SMILES string of the molecule is CCCCc1ccc(N2C(=O)C(SCCO)=C(c3ccc(C)cc3)C2=O)cc1. The Hall–Kier alpha value is -2.37. The smallest absolute Gasteiger partial charge is 0.272 e. The van der Waals surface area contributed by atoms with Crippen molar-refractivity contribution in [3.8, 4) is 0 Å². The second-order valence-corrected chi connectivity index (χ2v) is 7.96. The minimum absolute atomic E-state index is 0.0526. The summed E-state index contributed by atoms with van der Waals surface area (Å²) in [6.45, 7) is 4.08. The lowest BCUT2D eigenvalue weighted by Gasteiger charge is -2.16. The second-order valence-electron chi connectivity index (χ2n) is 6.86. The van der Waals surface area contributed by atoms with E-state index in [1.54, 1.807) is 0 Å². The van der Waals surface area contributed by atoms with Crippen LogP contribution in [-0.4, -0.2) is 29.3 Å². The molecule has 28 heavy (non-hydrogen) atoms. The van der Waals surface area contributed by atoms with Crippen LogP contribution in [-0.2, 0) is 16.0 Å². The van der Waals surface area contributed by atoms with Gasteiger partial charge in [0.15, 0.2) is 0 Å². The summed E-state index contributed by atoms with van der Waals surface area (Å²) in [5, 5.41) is 9.20. The molecule has 2 aromatic carbocycles. The molecule has 0 unspecified atom stereocenters. The van der Waals surface area contributed by atoms with E-state index in [4.69, 9.17) is 0 Å². The number of imide groups is 1. The van der Waals surface area contributed by atoms with Crippen molar-refractivity contribution < 1.29 is 14.7 Å². The van der Waals surface area contributed by atoms with E-state index in [9.17, 15) is 14.7 Å². The standard InChI is InChI=1S/C23H25NO3S/c1-3-4-5-17-8-12-19(13-9-17)24-22(26)20(18-10-6-16(2)7-11-18)21(23(24)27)28-15-14-25/h6-13,25H,3-5,14-15H2,1-2H3. The van der Waals surface area contributed by atoms with Gasteiger partial charge in [-0.05, 0) is 43.0 Å². The third-order valence-corrected chi connectivity index (χ3v) is 5.79. The van der Waals surface area contributed by atoms with E-state index in [1.165, 1.54) is 22.2 Å². The van der Waals surface area contributed by atoms with Gasteiger partial charge in [0.05, 0.1) is 22.8 Å². The second kappa shape index (κ2) is 9.22. The van der Waals surface area contributed by atoms with Gasteiger partial charge in [0.1, 0.15) is 0 Å². The minimum atomic E-state index is -0.319. The molecule has 5 heteroatoms. The van der Waals surface area contributed by atoms with Crippen LogP contribution in [0.3, 0.4) is 0 Å². The minimum Gasteiger partial charge on any atom is -0.396 e. The Labute approximate surface area is 170 Å². The summed E-state index contributed by atoms with van der Waals surface area (Å²) in [6.07, 6.45) is 3.23. The van der Waals surface area contributed by atoms with Gasteiger partial charge in [0, 0.05) is 5.75 Å². The van der Waals surface area contributed by atoms with Crippen LogP contribution in [0.4, 0.5) is 5.69 Å². The zero-order chi connectivity index (χ0) is 20.1. The molecule has 0 fully saturated rings. The molecule has 1 aliphatic heterocycles. The number of carbonyl (C=O) groups excluding carboxylic acids is 2. The van der Waals surface area contributed by atoms with E-state index in [0.29, 0.717) is 21.9 Å². The van der Waals surface area contributed by atoms with E-state index in [-0.39, 0.29) is 18.4 Å². The van der Waals surface area contributed by atoms with Gasteiger partial charge in [-0.3, -0.25) is 9.59 Å². The van der Waals surface area contributed by atoms with E-state index < -0.39 is 0 Å². The highest BCUT2D eigenvalue weighted by molar-refractivity contribution is 8.04. The fourth-order valence-corrected chi connectivity index (χ4v) is 4.05. The predicted molar refractivity (Wildman–Crippen MR) is 115 cm³/mol. The van der Waals surface area contributed by atoms with Crippen LogP contribution in [0.2, 0.25) is 0 Å². The number of hydrogen-bond donors (Lipinski definition) is 1. The molecule has 0 bridgehead atoms. The van der Waals surface area contributed by atoms with Crippen LogP contribution in [0.1, 0.15) is 36.5 Å². The molecular weight excluding hydrogens is 370 g/mol. The lowest BCUT2D eigenvalue weighted by molar-refractivity contribution is -0.119. The molecule has 0 saturated heterocycles. The van der Waals surface area contributed by atoms with Gasteiger partial charge in [0.2, 0.25) is 0 Å². The molecule has 2 amide bonds. The maximum atomic E-state index is 13.2. The number of amides is 2. The number of anilines is 1. The van der Waals surface area contributed by atoms with Crippen molar-refractivity contribution in [2.24, 2.45) is 0 Å². The zero-order valence-electron chi connectivity index (χ0n) is 16.3. The molecule has 1 heterocycles. The number of aliphatic hydroxyl groups is 1. The van der Waals surface area contributed by atoms with Crippen molar-refractivity contribution in [2.75, 3.05) is 17.3 Å². The number of unbranched alkanes of at least 4 members (excludes halogenated alkanes) is 1. The Kier molecular flexibility index (Phi) is 6.70. The Bertz CT molecular complexity index is 885. The third kappa shape index (κ3) is 4.21. The first-order chi connectivity index (χ1) is 13.6. The molecule has 146 valence electrons. The molecule has 2 aromatic rings. The van der Waals surface area contributed by atoms with Crippen LogP contribution in [0.5, 0.6) is 0 Å². The Balaban J connectivity index is 1.94. The Morgan fingerprint density at radius 1 is 0.964 bits per heavy atom. The first-order valence-corrected chi connectivity index (χ1v) is 10.6. The van der Waals surface area contributed by atoms with Crippen molar-refractivity contribution in [1.29, 1.82) is 0 Å². The highest BCUT2D eigenvalue weighted by atomic mass is 32.2. The van der Waals surface area contributed by atoms with Gasteiger partial charge in [-0.1, -0.05) is 55.3 Å². The molecule has 0 aliphatic carbocycles. The molecule has 0 saturated carbocycles. The van der Waals surface area contributed by atoms with Gasteiger partial charge >= 0.3 is 0 Å². The lowest BCUT2D eigenvalue weighted by atomic mass is 10.0. The summed E-state index contributed by atoms with van der Waals surface area (Å²) in [6, 6.07) is 15.2. The average molecular weight is 396 g/mol. The maximum Gasteiger partial charge on any atom is 0.272 e. The van der Waals surface area contributed by atoms with Crippen molar-refractivity contribution in [2.45, 2.75) is 33.1 Å². The first kappa shape index (κ1) is 20.4. The van der Waals surface area contributed by atoms with Gasteiger partial charge < -0.3 is 5.11 Å². The molecule has 4 nitrogen and oxygen atoms in total. The van der Waals surface area contributed by atoms with E-state index in [2.05, 4.69) is 6.92 Å². The van der Waals surface area contributed by atoms with E-state index >= 15 is 0 Å². The summed E-state index contributed by atoms with van der Waals surface area (Å²) in [5.74, 6) is -0.260. The number of carbonyl (C=O) groups is 2. The van der Waals surface area contributed by atoms with Crippen molar-refractivity contribution in [1.82, 2.24) is 0 Å². The predicted octanol–water partition coefficient (Wildman–Crippen LogP) is 4.35. The summed E-state index contributed by atoms with van der Waals surface area (Å²) in [5.41, 5.74) is 4.01. The number of thioether (sulfide) groups is 1. The van der Waals surface area contributed by atoms with E-state index in [1.807, 2.05) is 55.5 Å². The number of hydrogen-bond acceptors (Lipinski definition) is 4. The largest absolute Gasteiger partial charge is 0.396 e. The summed E-state index contributed by atoms with van der Waals surface area (Å²) in [7, 11) is 0. The van der Waals surface area contributed by atoms with Crippen LogP contribution in [0.15, 0.2) is 53.4 Å². The van der Waals surface area contributed by atoms with Crippen LogP contribution < -0.4 is 4.90 Å². The molecule has 1 aliphatic rings. The summed E-state index contributed by atoms with van der Waals surface area (Å²) in [4.78, 5) is 27.9. The molecule has 3 rings (SSSR count). The highest BCUT2D eigenvalue weighted by Gasteiger charge is 2.40. The van der Waals surface area contributed by atoms with Gasteiger partial charge in [0.25, 0.3) is 11.8 Å². The lowest BCUT2D eigenvalue weighted by Crippen LogP contribution is -2.31. The average Bonchev–Trinajstić information content (AvgIpc) is 2.95. The van der Waals surface area contributed by atoms with E-state index in [0.717, 1.165) is 30.4 Å². The summed E-state index contributed by atoms with van der Waals surface area (Å²) < 4.78 is 0. The van der Waals surface area contributed by atoms with Gasteiger partial charge in [-0.15, -0.1) is 11.8 Å². The van der Waals surface area contributed by atoms with Crippen LogP contribution in [0.25, 0.3) is 5.57 Å². The monoisotopic (exact) mass is 395 g/mol. The summed E-state index contributed by atoms with van der Waals surface area (Å²) >= 11 is 1.23. The molecule has 0 atom stereocenters. The number of aryl methyl sites for hydroxylation is 2. The van der Waals surface area contributed by atoms with Gasteiger partial charge in [-0.25, -0.2) is 4.90 Å². The normalized spacial score (nSPS) is 14.3. The molecule has 0 spiro atoms. The number of nitrogens with zero attached hydrogens (tertiary/aromatic N) is 1. The fourth-order valence-electron chi connectivity index (χ4n) is 3.19. The maximum absolute atomic E-state index is 13.2.